The van der Waals surface area contributed by atoms with Gasteiger partial charge in [-0.2, -0.15) is 0 Å². The molecule has 162 valence electrons. The number of carbonyl (C=O) groups excluding carboxylic acids is 1. The van der Waals surface area contributed by atoms with Crippen molar-refractivity contribution in [3.8, 4) is 0 Å². The Bertz CT molecular complexity index is 996. The van der Waals surface area contributed by atoms with Crippen LogP contribution in [-0.2, 0) is 14.3 Å². The first kappa shape index (κ1) is 22.3. The number of benzene rings is 2. The van der Waals surface area contributed by atoms with E-state index in [2.05, 4.69) is 60.4 Å². The van der Waals surface area contributed by atoms with Crippen LogP contribution >= 0.6 is 0 Å². The number of aromatic amines is 1. The molecule has 0 saturated carbocycles. The number of rotatable bonds is 5. The first-order valence-electron chi connectivity index (χ1n) is 10.5. The predicted molar refractivity (Wildman–Crippen MR) is 121 cm³/mol. The number of para-hydroxylation sites is 1. The normalized spacial score (nSPS) is 14.8. The third-order valence-electron chi connectivity index (χ3n) is 5.40. The highest BCUT2D eigenvalue weighted by Crippen LogP contribution is 2.31. The summed E-state index contributed by atoms with van der Waals surface area (Å²) in [7, 11) is 0. The lowest BCUT2D eigenvalue weighted by Crippen LogP contribution is -2.34. The van der Waals surface area contributed by atoms with Crippen LogP contribution in [0.15, 0.2) is 78.5 Å². The molecule has 0 saturated heterocycles. The predicted octanol–water partition coefficient (Wildman–Crippen LogP) is 4.57. The Labute approximate surface area is 182 Å². The van der Waals surface area contributed by atoms with Crippen LogP contribution in [0.4, 0.5) is 0 Å². The molecule has 0 amide bonds. The fourth-order valence-electron chi connectivity index (χ4n) is 3.76. The van der Waals surface area contributed by atoms with Gasteiger partial charge in [0.2, 0.25) is 0 Å². The lowest BCUT2D eigenvalue weighted by Gasteiger charge is -2.29. The van der Waals surface area contributed by atoms with Crippen molar-refractivity contribution in [3.63, 3.8) is 0 Å². The molecule has 2 heterocycles. The third-order valence-corrected chi connectivity index (χ3v) is 5.40. The summed E-state index contributed by atoms with van der Waals surface area (Å²) in [4.78, 5) is 26.4. The summed E-state index contributed by atoms with van der Waals surface area (Å²) < 4.78 is 4.71. The second-order valence-electron chi connectivity index (χ2n) is 7.41. The molecule has 1 aliphatic heterocycles. The van der Waals surface area contributed by atoms with Gasteiger partial charge >= 0.3 is 11.9 Å². The smallest absolute Gasteiger partial charge is 0.418 e. The van der Waals surface area contributed by atoms with E-state index in [1.165, 1.54) is 22.0 Å². The number of H-pyrrole nitrogens is 1. The summed E-state index contributed by atoms with van der Waals surface area (Å²) in [6.45, 7) is 3.64. The molecular weight excluding hydrogens is 392 g/mol. The zero-order valence-corrected chi connectivity index (χ0v) is 17.7. The molecular formula is C25H28N2O4. The number of carboxylic acids is 1. The monoisotopic (exact) mass is 420 g/mol. The van der Waals surface area contributed by atoms with Crippen molar-refractivity contribution in [2.75, 3.05) is 19.8 Å². The van der Waals surface area contributed by atoms with Gasteiger partial charge in [0, 0.05) is 30.7 Å². The number of hydrogen-bond donors (Lipinski definition) is 2. The Balaban J connectivity index is 0.000000248. The lowest BCUT2D eigenvalue weighted by molar-refractivity contribution is -0.166. The fourth-order valence-corrected chi connectivity index (χ4v) is 3.76. The number of esters is 1. The van der Waals surface area contributed by atoms with Crippen molar-refractivity contribution >= 4 is 22.8 Å². The van der Waals surface area contributed by atoms with E-state index >= 15 is 0 Å². The average Bonchev–Trinajstić information content (AvgIpc) is 3.29. The number of ether oxygens (including phenoxy) is 1. The van der Waals surface area contributed by atoms with Crippen LogP contribution in [0.25, 0.3) is 10.9 Å². The van der Waals surface area contributed by atoms with Crippen molar-refractivity contribution in [2.24, 2.45) is 0 Å². The maximum absolute atomic E-state index is 10.9. The van der Waals surface area contributed by atoms with Crippen LogP contribution in [-0.4, -0.2) is 46.7 Å². The molecule has 0 radical (unpaired) electrons. The molecule has 0 aliphatic carbocycles. The van der Waals surface area contributed by atoms with Crippen molar-refractivity contribution in [3.05, 3.63) is 84.1 Å². The Morgan fingerprint density at radius 1 is 1.10 bits per heavy atom. The van der Waals surface area contributed by atoms with Crippen LogP contribution in [0.3, 0.4) is 0 Å². The topological polar surface area (TPSA) is 82.6 Å². The van der Waals surface area contributed by atoms with E-state index in [-0.39, 0.29) is 6.73 Å². The van der Waals surface area contributed by atoms with E-state index in [4.69, 9.17) is 9.84 Å². The highest BCUT2D eigenvalue weighted by atomic mass is 16.6. The number of nitrogens with zero attached hydrogens (tertiary/aromatic N) is 1. The van der Waals surface area contributed by atoms with Crippen LogP contribution < -0.4 is 0 Å². The molecule has 6 nitrogen and oxygen atoms in total. The van der Waals surface area contributed by atoms with Gasteiger partial charge in [0.25, 0.3) is 0 Å². The van der Waals surface area contributed by atoms with Crippen LogP contribution in [0.5, 0.6) is 0 Å². The van der Waals surface area contributed by atoms with Crippen molar-refractivity contribution in [1.29, 1.82) is 0 Å². The first-order chi connectivity index (χ1) is 15.1. The van der Waals surface area contributed by atoms with E-state index in [9.17, 15) is 9.59 Å². The van der Waals surface area contributed by atoms with E-state index < -0.39 is 11.9 Å². The second-order valence-corrected chi connectivity index (χ2v) is 7.41. The molecule has 2 aromatic carbocycles. The van der Waals surface area contributed by atoms with E-state index in [1.807, 2.05) is 29.3 Å². The summed E-state index contributed by atoms with van der Waals surface area (Å²) in [5.41, 5.74) is 3.93. The van der Waals surface area contributed by atoms with Gasteiger partial charge in [-0.15, -0.1) is 0 Å². The van der Waals surface area contributed by atoms with E-state index in [0.717, 1.165) is 19.4 Å². The zero-order chi connectivity index (χ0) is 22.1. The highest BCUT2D eigenvalue weighted by Gasteiger charge is 2.21. The Kier molecular flexibility index (Phi) is 8.01. The van der Waals surface area contributed by atoms with Gasteiger partial charge in [-0.1, -0.05) is 67.1 Å². The molecule has 6 heteroatoms. The quantitative estimate of drug-likeness (QED) is 0.359. The van der Waals surface area contributed by atoms with Crippen molar-refractivity contribution in [1.82, 2.24) is 9.88 Å². The molecule has 0 spiro atoms. The van der Waals surface area contributed by atoms with Crippen LogP contribution in [0.2, 0.25) is 0 Å². The molecule has 0 fully saturated rings. The van der Waals surface area contributed by atoms with E-state index in [0.29, 0.717) is 12.5 Å². The van der Waals surface area contributed by atoms with Gasteiger partial charge in [0.1, 0.15) is 6.73 Å². The minimum Gasteiger partial charge on any atom is -0.473 e. The number of aliphatic carboxylic acids is 1. The third kappa shape index (κ3) is 6.30. The summed E-state index contributed by atoms with van der Waals surface area (Å²) in [6.07, 6.45) is 6.06. The summed E-state index contributed by atoms with van der Waals surface area (Å²) in [5, 5.41) is 9.75. The molecule has 1 aliphatic rings. The SMILES string of the molecule is CCC(C1=CCN(COC(=O)C(=O)O)CC1)c1ccccc1.c1ccc2[nH]ccc2c1. The summed E-state index contributed by atoms with van der Waals surface area (Å²) >= 11 is 0. The van der Waals surface area contributed by atoms with Crippen LogP contribution in [0.1, 0.15) is 31.2 Å². The van der Waals surface area contributed by atoms with Gasteiger partial charge in [-0.3, -0.25) is 4.90 Å². The summed E-state index contributed by atoms with van der Waals surface area (Å²) in [6, 6.07) is 20.7. The maximum Gasteiger partial charge on any atom is 0.418 e. The number of carbonyl (C=O) groups is 2. The van der Waals surface area contributed by atoms with Gasteiger partial charge < -0.3 is 14.8 Å². The Morgan fingerprint density at radius 3 is 2.48 bits per heavy atom. The van der Waals surface area contributed by atoms with E-state index in [1.54, 1.807) is 0 Å². The first-order valence-corrected chi connectivity index (χ1v) is 10.5. The molecule has 1 aromatic heterocycles. The van der Waals surface area contributed by atoms with Crippen molar-refractivity contribution in [2.45, 2.75) is 25.7 Å². The highest BCUT2D eigenvalue weighted by molar-refractivity contribution is 6.28. The van der Waals surface area contributed by atoms with Gasteiger partial charge in [0.15, 0.2) is 0 Å². The minimum absolute atomic E-state index is 0.0248. The number of carboxylic acid groups (broad SMARTS) is 1. The molecule has 3 aromatic rings. The zero-order valence-electron chi connectivity index (χ0n) is 17.7. The average molecular weight is 421 g/mol. The molecule has 0 bridgehead atoms. The number of nitrogens with one attached hydrogen (secondary N) is 1. The molecule has 31 heavy (non-hydrogen) atoms. The maximum atomic E-state index is 10.9. The second kappa shape index (κ2) is 11.1. The fraction of sp³-hybridized carbons (Fsp3) is 0.280. The number of fused-ring (bicyclic) bond motifs is 1. The van der Waals surface area contributed by atoms with Gasteiger partial charge in [0.05, 0.1) is 0 Å². The molecule has 2 N–H and O–H groups in total. The Morgan fingerprint density at radius 2 is 1.84 bits per heavy atom. The molecule has 4 rings (SSSR count). The lowest BCUT2D eigenvalue weighted by atomic mass is 9.85. The molecule has 1 unspecified atom stereocenters. The van der Waals surface area contributed by atoms with Gasteiger partial charge in [-0.05, 0) is 35.9 Å². The summed E-state index contributed by atoms with van der Waals surface area (Å²) in [5.74, 6) is -2.33. The largest absolute Gasteiger partial charge is 0.473 e. The van der Waals surface area contributed by atoms with Crippen LogP contribution in [0, 0.1) is 0 Å². The number of hydrogen-bond acceptors (Lipinski definition) is 4. The minimum atomic E-state index is -1.55. The van der Waals surface area contributed by atoms with Crippen molar-refractivity contribution < 1.29 is 19.4 Å². The Hall–Kier alpha value is -3.38. The number of aromatic nitrogens is 1. The van der Waals surface area contributed by atoms with Gasteiger partial charge in [-0.25, -0.2) is 9.59 Å². The molecule has 1 atom stereocenters. The standard InChI is InChI=1S/C17H21NO4.C8H7N/c1-2-15(13-6-4-3-5-7-13)14-8-10-18(11-9-14)12-22-17(21)16(19)20;1-2-4-8-7(3-1)5-6-9-8/h3-8,15H,2,9-12H2,1H3,(H,19,20);1-6,9H.